The Morgan fingerprint density at radius 3 is 1.55 bits per heavy atom. The van der Waals surface area contributed by atoms with Gasteiger partial charge < -0.3 is 19.1 Å². The van der Waals surface area contributed by atoms with Crippen LogP contribution in [-0.2, 0) is 33.2 Å². The van der Waals surface area contributed by atoms with Gasteiger partial charge in [0.2, 0.25) is 5.91 Å². The lowest BCUT2D eigenvalue weighted by molar-refractivity contribution is -0.223. The fraction of sp³-hybridized carbons (Fsp3) is 0.643. The van der Waals surface area contributed by atoms with E-state index < -0.39 is 31.8 Å². The Bertz CT molecular complexity index is 1250. The molecule has 0 aromatic heterocycles. The molecule has 0 aliphatic heterocycles. The Labute approximate surface area is 319 Å². The average Bonchev–Trinajstić information content (AvgIpc) is 3.15. The Balaban J connectivity index is 1.92. The van der Waals surface area contributed by atoms with Crippen LogP contribution in [-0.4, -0.2) is 30.0 Å². The van der Waals surface area contributed by atoms with E-state index in [1.807, 2.05) is 0 Å². The molecule has 0 spiro atoms. The van der Waals surface area contributed by atoms with Gasteiger partial charge in [-0.3, -0.25) is 14.5 Å². The Kier molecular flexibility index (Phi) is 25.1. The van der Waals surface area contributed by atoms with Gasteiger partial charge in [0.05, 0.1) is 6.42 Å². The van der Waals surface area contributed by atoms with E-state index in [0.717, 1.165) is 38.5 Å². The lowest BCUT2D eigenvalue weighted by Crippen LogP contribution is -2.42. The molecule has 1 N–H and O–H groups in total. The number of carbonyl (C=O) groups is 3. The molecule has 0 saturated carbocycles. The molecule has 10 nitrogen and oxygen atoms in total. The zero-order chi connectivity index (χ0) is 38.4. The van der Waals surface area contributed by atoms with E-state index in [1.54, 1.807) is 67.6 Å². The maximum Gasteiger partial charge on any atom is 0.625 e. The van der Waals surface area contributed by atoms with Crippen molar-refractivity contribution in [2.45, 2.75) is 174 Å². The summed E-state index contributed by atoms with van der Waals surface area (Å²) in [6.07, 6.45) is 21.1. The van der Waals surface area contributed by atoms with Crippen molar-refractivity contribution in [1.29, 1.82) is 0 Å². The van der Waals surface area contributed by atoms with Crippen LogP contribution < -0.4 is 14.4 Å². The molecule has 0 bridgehead atoms. The number of hydrogen-bond donors (Lipinski definition) is 1. The van der Waals surface area contributed by atoms with Crippen molar-refractivity contribution < 1.29 is 42.3 Å². The summed E-state index contributed by atoms with van der Waals surface area (Å²) in [6.45, 7) is 6.13. The van der Waals surface area contributed by atoms with Gasteiger partial charge in [0.15, 0.2) is 0 Å². The predicted octanol–water partition coefficient (Wildman–Crippen LogP) is 11.8. The van der Waals surface area contributed by atoms with Gasteiger partial charge in [-0.25, -0.2) is 9.36 Å². The molecule has 298 valence electrons. The van der Waals surface area contributed by atoms with Crippen LogP contribution in [0.3, 0.4) is 0 Å². The van der Waals surface area contributed by atoms with Crippen molar-refractivity contribution in [3.63, 3.8) is 0 Å². The molecule has 1 amide bonds. The minimum Gasteiger partial charge on any atom is -0.462 e. The van der Waals surface area contributed by atoms with Crippen LogP contribution in [0.25, 0.3) is 0 Å². The summed E-state index contributed by atoms with van der Waals surface area (Å²) < 4.78 is 35.4. The normalized spacial score (nSPS) is 12.4. The second kappa shape index (κ2) is 29.1. The second-order valence-electron chi connectivity index (χ2n) is 13.8. The molecule has 2 rings (SSSR count). The van der Waals surface area contributed by atoms with Gasteiger partial charge in [-0.05, 0) is 49.9 Å². The Hall–Kier alpha value is -3.36. The molecule has 0 heterocycles. The average molecular weight is 760 g/mol. The molecule has 2 aromatic rings. The van der Waals surface area contributed by atoms with Gasteiger partial charge in [0.25, 0.3) is 0 Å². The van der Waals surface area contributed by atoms with Crippen LogP contribution in [0.5, 0.6) is 11.5 Å². The van der Waals surface area contributed by atoms with Crippen LogP contribution in [0, 0.1) is 0 Å². The van der Waals surface area contributed by atoms with E-state index in [9.17, 15) is 18.9 Å². The summed E-state index contributed by atoms with van der Waals surface area (Å²) in [4.78, 5) is 44.1. The van der Waals surface area contributed by atoms with Crippen LogP contribution in [0.15, 0.2) is 60.7 Å². The number of amides is 1. The fourth-order valence-electron chi connectivity index (χ4n) is 5.91. The molecule has 53 heavy (non-hydrogen) atoms. The number of rotatable bonds is 32. The van der Waals surface area contributed by atoms with Crippen LogP contribution in [0.4, 0.5) is 0 Å². The molecule has 2 aromatic carbocycles. The van der Waals surface area contributed by atoms with Crippen molar-refractivity contribution in [1.82, 2.24) is 5.32 Å². The first-order chi connectivity index (χ1) is 25.8. The second-order valence-corrected chi connectivity index (χ2v) is 15.2. The van der Waals surface area contributed by atoms with E-state index in [-0.39, 0.29) is 30.3 Å². The van der Waals surface area contributed by atoms with Crippen molar-refractivity contribution in [3.8, 4) is 11.5 Å². The standard InChI is InChI=1S/C42H66NO9P/c1-4-7-9-11-13-15-17-19-23-33-38(48-41(45)34-28-20-18-16-14-12-10-8-5-2)35-40(44)43-39(6-3)42(46)49-52-53(47,50-36-29-24-21-25-30-36)51-37-31-26-22-27-32-37/h21-22,24-27,29-32,38-39H,4-20,23,28,33-35H2,1-3H3,(H,43,44)/t38-,39?/m1/s1. The highest BCUT2D eigenvalue weighted by Crippen LogP contribution is 2.49. The quantitative estimate of drug-likeness (QED) is 0.0255. The zero-order valence-corrected chi connectivity index (χ0v) is 33.5. The Morgan fingerprint density at radius 1 is 0.623 bits per heavy atom. The smallest absolute Gasteiger partial charge is 0.462 e. The zero-order valence-electron chi connectivity index (χ0n) is 32.6. The largest absolute Gasteiger partial charge is 0.625 e. The first-order valence-corrected chi connectivity index (χ1v) is 21.7. The van der Waals surface area contributed by atoms with E-state index in [2.05, 4.69) is 19.2 Å². The molecule has 0 saturated heterocycles. The van der Waals surface area contributed by atoms with Crippen LogP contribution in [0.1, 0.15) is 162 Å². The van der Waals surface area contributed by atoms with Gasteiger partial charge >= 0.3 is 19.8 Å². The van der Waals surface area contributed by atoms with Gasteiger partial charge in [-0.2, -0.15) is 0 Å². The van der Waals surface area contributed by atoms with Crippen molar-refractivity contribution in [2.75, 3.05) is 0 Å². The summed E-state index contributed by atoms with van der Waals surface area (Å²) in [5, 5.41) is 2.67. The van der Waals surface area contributed by atoms with Crippen molar-refractivity contribution in [2.24, 2.45) is 0 Å². The fourth-order valence-corrected chi connectivity index (χ4v) is 6.93. The molecule has 1 unspecified atom stereocenters. The number of carbonyl (C=O) groups excluding carboxylic acids is 3. The summed E-state index contributed by atoms with van der Waals surface area (Å²) in [6, 6.07) is 15.3. The summed E-state index contributed by atoms with van der Waals surface area (Å²) in [7, 11) is -4.50. The molecular weight excluding hydrogens is 693 g/mol. The maximum absolute atomic E-state index is 13.6. The number of benzene rings is 2. The van der Waals surface area contributed by atoms with E-state index in [4.69, 9.17) is 23.3 Å². The Morgan fingerprint density at radius 2 is 1.08 bits per heavy atom. The van der Waals surface area contributed by atoms with Crippen molar-refractivity contribution in [3.05, 3.63) is 60.7 Å². The van der Waals surface area contributed by atoms with Gasteiger partial charge in [-0.1, -0.05) is 165 Å². The third-order valence-electron chi connectivity index (χ3n) is 8.98. The minimum atomic E-state index is -4.50. The summed E-state index contributed by atoms with van der Waals surface area (Å²) in [5.41, 5.74) is 0. The molecule has 0 fully saturated rings. The molecule has 0 radical (unpaired) electrons. The number of nitrogens with one attached hydrogen (secondary N) is 1. The molecule has 11 heteroatoms. The molecule has 0 aliphatic rings. The molecule has 2 atom stereocenters. The van der Waals surface area contributed by atoms with Gasteiger partial charge in [0, 0.05) is 6.42 Å². The highest BCUT2D eigenvalue weighted by molar-refractivity contribution is 7.49. The highest BCUT2D eigenvalue weighted by Gasteiger charge is 2.36. The monoisotopic (exact) mass is 759 g/mol. The first-order valence-electron chi connectivity index (χ1n) is 20.3. The van der Waals surface area contributed by atoms with E-state index >= 15 is 0 Å². The predicted molar refractivity (Wildman–Crippen MR) is 209 cm³/mol. The van der Waals surface area contributed by atoms with E-state index in [1.165, 1.54) is 77.0 Å². The topological polar surface area (TPSA) is 126 Å². The van der Waals surface area contributed by atoms with Gasteiger partial charge in [-0.15, -0.1) is 0 Å². The minimum absolute atomic E-state index is 0.0854. The SMILES string of the molecule is CCCCCCCCCCCC(=O)O[C@H](CCCCCCCCCCC)CC(=O)NC(CC)C(=O)OOP(=O)(Oc1ccccc1)Oc1ccccc1. The summed E-state index contributed by atoms with van der Waals surface area (Å²) in [5.74, 6) is -1.39. The lowest BCUT2D eigenvalue weighted by atomic mass is 10.0. The third-order valence-corrected chi connectivity index (χ3v) is 10.1. The summed E-state index contributed by atoms with van der Waals surface area (Å²) >= 11 is 0. The molecular formula is C42H66NO9P. The lowest BCUT2D eigenvalue weighted by Gasteiger charge is -2.21. The van der Waals surface area contributed by atoms with Crippen LogP contribution in [0.2, 0.25) is 0 Å². The first kappa shape index (κ1) is 45.8. The number of ether oxygens (including phenoxy) is 1. The molecule has 0 aliphatic carbocycles. The van der Waals surface area contributed by atoms with E-state index in [0.29, 0.717) is 12.8 Å². The third kappa shape index (κ3) is 22.5. The van der Waals surface area contributed by atoms with Crippen molar-refractivity contribution >= 4 is 25.7 Å². The maximum atomic E-state index is 13.6. The van der Waals surface area contributed by atoms with Crippen LogP contribution >= 0.6 is 7.82 Å². The number of unbranched alkanes of at least 4 members (excludes halogenated alkanes) is 16. The number of phosphoric acid groups is 1. The number of esters is 1. The number of hydrogen-bond acceptors (Lipinski definition) is 9. The highest BCUT2D eigenvalue weighted by atomic mass is 31.2. The van der Waals surface area contributed by atoms with Gasteiger partial charge in [0.1, 0.15) is 23.6 Å². The number of phosphoric ester groups is 1. The number of para-hydroxylation sites is 2.